The molecule has 0 spiro atoms. The molecule has 0 atom stereocenters. The van der Waals surface area contributed by atoms with Crippen molar-refractivity contribution in [3.8, 4) is 0 Å². The lowest BCUT2D eigenvalue weighted by molar-refractivity contribution is 0.334. The van der Waals surface area contributed by atoms with Crippen molar-refractivity contribution in [1.82, 2.24) is 10.2 Å². The molecule has 0 aromatic heterocycles. The van der Waals surface area contributed by atoms with Gasteiger partial charge < -0.3 is 4.90 Å². The van der Waals surface area contributed by atoms with E-state index in [1.54, 1.807) is 0 Å². The fraction of sp³-hybridized carbons (Fsp3) is 0.800. The molecule has 2 nitrogen and oxygen atoms in total. The maximum Gasteiger partial charge on any atom is 0.134 e. The molecular formula is C5H10N2S2. The second-order valence-corrected chi connectivity index (χ2v) is 3.17. The predicted octanol–water partition coefficient (Wildman–Crippen LogP) is 0.454. The van der Waals surface area contributed by atoms with Crippen molar-refractivity contribution in [3.63, 3.8) is 0 Å². The Hall–Kier alpha value is 0.200. The van der Waals surface area contributed by atoms with Crippen LogP contribution in [0.25, 0.3) is 0 Å². The highest BCUT2D eigenvalue weighted by atomic mass is 32.1. The molecule has 1 saturated heterocycles. The summed E-state index contributed by atoms with van der Waals surface area (Å²) in [7, 11) is 0. The molecule has 1 aliphatic heterocycles. The normalized spacial score (nSPS) is 19.9. The average Bonchev–Trinajstić information content (AvgIpc) is 1.90. The third-order valence-corrected chi connectivity index (χ3v) is 1.90. The van der Waals surface area contributed by atoms with E-state index in [0.717, 1.165) is 19.8 Å². The van der Waals surface area contributed by atoms with Gasteiger partial charge in [0.05, 0.1) is 6.67 Å². The fourth-order valence-corrected chi connectivity index (χ4v) is 1.18. The third kappa shape index (κ3) is 2.12. The molecule has 0 bridgehead atoms. The van der Waals surface area contributed by atoms with Gasteiger partial charge in [-0.25, -0.2) is 0 Å². The van der Waals surface area contributed by atoms with E-state index in [9.17, 15) is 0 Å². The zero-order valence-electron chi connectivity index (χ0n) is 5.13. The number of hydrogen-bond acceptors (Lipinski definition) is 2. The van der Waals surface area contributed by atoms with Crippen LogP contribution in [0.2, 0.25) is 0 Å². The van der Waals surface area contributed by atoms with Crippen LogP contribution in [0.4, 0.5) is 0 Å². The summed E-state index contributed by atoms with van der Waals surface area (Å²) in [5, 5.41) is 3.21. The van der Waals surface area contributed by atoms with Crippen LogP contribution in [-0.4, -0.2) is 29.0 Å². The molecule has 4 heteroatoms. The third-order valence-electron chi connectivity index (χ3n) is 1.35. The van der Waals surface area contributed by atoms with Crippen molar-refractivity contribution in [2.45, 2.75) is 6.42 Å². The van der Waals surface area contributed by atoms with Crippen LogP contribution in [0.15, 0.2) is 0 Å². The van der Waals surface area contributed by atoms with E-state index >= 15 is 0 Å². The Morgan fingerprint density at radius 3 is 2.78 bits per heavy atom. The van der Waals surface area contributed by atoms with Gasteiger partial charge in [-0.15, -0.1) is 12.6 Å². The van der Waals surface area contributed by atoms with Gasteiger partial charge in [-0.1, -0.05) is 12.2 Å². The summed E-state index contributed by atoms with van der Waals surface area (Å²) in [6, 6.07) is 0. The molecule has 1 heterocycles. The number of thiol groups is 1. The topological polar surface area (TPSA) is 15.3 Å². The van der Waals surface area contributed by atoms with Crippen LogP contribution in [0.5, 0.6) is 0 Å². The van der Waals surface area contributed by atoms with Crippen LogP contribution in [0.3, 0.4) is 0 Å². The summed E-state index contributed by atoms with van der Waals surface area (Å²) in [4.78, 5) is 2.04. The molecular weight excluding hydrogens is 152 g/mol. The summed E-state index contributed by atoms with van der Waals surface area (Å²) in [5.41, 5.74) is 0. The molecule has 1 aliphatic rings. The Bertz CT molecular complexity index is 110. The summed E-state index contributed by atoms with van der Waals surface area (Å²) < 4.78 is 0.696. The molecule has 0 aromatic carbocycles. The van der Waals surface area contributed by atoms with Gasteiger partial charge in [0.2, 0.25) is 0 Å². The molecule has 9 heavy (non-hydrogen) atoms. The van der Waals surface area contributed by atoms with Crippen LogP contribution in [0, 0.1) is 0 Å². The van der Waals surface area contributed by atoms with Gasteiger partial charge in [0.1, 0.15) is 4.32 Å². The van der Waals surface area contributed by atoms with Crippen LogP contribution < -0.4 is 5.32 Å². The van der Waals surface area contributed by atoms with Crippen LogP contribution in [-0.2, 0) is 0 Å². The van der Waals surface area contributed by atoms with Crippen molar-refractivity contribution >= 4 is 29.2 Å². The second-order valence-electron chi connectivity index (χ2n) is 2.06. The minimum absolute atomic E-state index is 0.696. The molecule has 1 N–H and O–H groups in total. The molecule has 1 rings (SSSR count). The lowest BCUT2D eigenvalue weighted by atomic mass is 10.3. The van der Waals surface area contributed by atoms with Crippen LogP contribution >= 0.6 is 24.8 Å². The quantitative estimate of drug-likeness (QED) is 0.397. The Balaban J connectivity index is 2.31. The van der Waals surface area contributed by atoms with E-state index in [-0.39, 0.29) is 0 Å². The first-order valence-electron chi connectivity index (χ1n) is 2.99. The molecule has 0 aromatic rings. The van der Waals surface area contributed by atoms with Gasteiger partial charge in [-0.2, -0.15) is 0 Å². The molecule has 0 saturated carbocycles. The lowest BCUT2D eigenvalue weighted by Crippen LogP contribution is -2.42. The SMILES string of the molecule is S=C(S)N1CCCNC1. The maximum atomic E-state index is 4.87. The average molecular weight is 162 g/mol. The largest absolute Gasteiger partial charge is 0.345 e. The van der Waals surface area contributed by atoms with Gasteiger partial charge >= 0.3 is 0 Å². The van der Waals surface area contributed by atoms with E-state index in [2.05, 4.69) is 17.9 Å². The van der Waals surface area contributed by atoms with Crippen molar-refractivity contribution in [1.29, 1.82) is 0 Å². The summed E-state index contributed by atoms with van der Waals surface area (Å²) in [5.74, 6) is 0. The summed E-state index contributed by atoms with van der Waals surface area (Å²) >= 11 is 8.92. The second kappa shape index (κ2) is 3.39. The highest BCUT2D eigenvalue weighted by molar-refractivity contribution is 8.10. The van der Waals surface area contributed by atoms with Gasteiger partial charge in [-0.05, 0) is 13.0 Å². The Kier molecular flexibility index (Phi) is 2.75. The minimum Gasteiger partial charge on any atom is -0.345 e. The van der Waals surface area contributed by atoms with Crippen molar-refractivity contribution < 1.29 is 0 Å². The van der Waals surface area contributed by atoms with Gasteiger partial charge in [0.15, 0.2) is 0 Å². The van der Waals surface area contributed by atoms with Gasteiger partial charge in [0, 0.05) is 6.54 Å². The van der Waals surface area contributed by atoms with E-state index in [1.165, 1.54) is 6.42 Å². The molecule has 1 fully saturated rings. The Labute approximate surface area is 66.0 Å². The standard InChI is InChI=1S/C5H10N2S2/c8-5(9)7-3-1-2-6-4-7/h6H,1-4H2,(H,8,9). The molecule has 0 radical (unpaired) electrons. The molecule has 0 aliphatic carbocycles. The number of nitrogens with zero attached hydrogens (tertiary/aromatic N) is 1. The number of nitrogens with one attached hydrogen (secondary N) is 1. The summed E-state index contributed by atoms with van der Waals surface area (Å²) in [6.45, 7) is 3.02. The van der Waals surface area contributed by atoms with Gasteiger partial charge in [-0.3, -0.25) is 5.32 Å². The highest BCUT2D eigenvalue weighted by Crippen LogP contribution is 1.99. The van der Waals surface area contributed by atoms with Crippen molar-refractivity contribution in [2.24, 2.45) is 0 Å². The van der Waals surface area contributed by atoms with Crippen molar-refractivity contribution in [2.75, 3.05) is 19.8 Å². The first-order chi connectivity index (χ1) is 4.30. The first-order valence-corrected chi connectivity index (χ1v) is 3.85. The monoisotopic (exact) mass is 162 g/mol. The van der Waals surface area contributed by atoms with E-state index in [4.69, 9.17) is 12.2 Å². The summed E-state index contributed by atoms with van der Waals surface area (Å²) in [6.07, 6.45) is 1.17. The lowest BCUT2D eigenvalue weighted by Gasteiger charge is -2.27. The highest BCUT2D eigenvalue weighted by Gasteiger charge is 2.08. The van der Waals surface area contributed by atoms with E-state index < -0.39 is 0 Å². The molecule has 52 valence electrons. The number of rotatable bonds is 0. The maximum absolute atomic E-state index is 4.87. The van der Waals surface area contributed by atoms with E-state index in [0.29, 0.717) is 4.32 Å². The molecule has 0 unspecified atom stereocenters. The van der Waals surface area contributed by atoms with Gasteiger partial charge in [0.25, 0.3) is 0 Å². The first kappa shape index (κ1) is 7.31. The van der Waals surface area contributed by atoms with Crippen molar-refractivity contribution in [3.05, 3.63) is 0 Å². The molecule has 0 amide bonds. The number of thiocarbonyl (C=S) groups is 1. The van der Waals surface area contributed by atoms with E-state index in [1.807, 2.05) is 4.90 Å². The van der Waals surface area contributed by atoms with Crippen LogP contribution in [0.1, 0.15) is 6.42 Å². The Morgan fingerprint density at radius 1 is 1.67 bits per heavy atom. The minimum atomic E-state index is 0.696. The smallest absolute Gasteiger partial charge is 0.134 e. The Morgan fingerprint density at radius 2 is 2.44 bits per heavy atom. The zero-order chi connectivity index (χ0) is 6.69. The fourth-order valence-electron chi connectivity index (χ4n) is 0.851. The number of hydrogen-bond donors (Lipinski definition) is 2. The zero-order valence-corrected chi connectivity index (χ0v) is 6.84. The predicted molar refractivity (Wildman–Crippen MR) is 45.8 cm³/mol.